The van der Waals surface area contributed by atoms with Crippen LogP contribution in [-0.4, -0.2) is 30.3 Å². The Hall–Kier alpha value is -0.670. The molecule has 2 rings (SSSR count). The molecule has 1 fully saturated rings. The van der Waals surface area contributed by atoms with Crippen molar-refractivity contribution in [1.82, 2.24) is 4.90 Å². The number of thiophene rings is 1. The van der Waals surface area contributed by atoms with Crippen molar-refractivity contribution < 1.29 is 4.79 Å². The van der Waals surface area contributed by atoms with Crippen LogP contribution in [0.3, 0.4) is 0 Å². The van der Waals surface area contributed by atoms with Crippen LogP contribution in [0, 0.1) is 19.8 Å². The zero-order chi connectivity index (χ0) is 13.1. The summed E-state index contributed by atoms with van der Waals surface area (Å²) in [5.74, 6) is 1.17. The van der Waals surface area contributed by atoms with Gasteiger partial charge in [0, 0.05) is 15.3 Å². The Kier molecular flexibility index (Phi) is 4.57. The van der Waals surface area contributed by atoms with Crippen LogP contribution in [0.5, 0.6) is 0 Å². The van der Waals surface area contributed by atoms with E-state index < -0.39 is 0 Å². The molecule has 18 heavy (non-hydrogen) atoms. The van der Waals surface area contributed by atoms with E-state index in [4.69, 9.17) is 0 Å². The molecule has 1 aliphatic heterocycles. The fraction of sp³-hybridized carbons (Fsp3) is 0.667. The Labute approximate surface area is 114 Å². The third kappa shape index (κ3) is 3.21. The minimum absolute atomic E-state index is 0.298. The van der Waals surface area contributed by atoms with Gasteiger partial charge in [-0.3, -0.25) is 9.69 Å². The normalized spacial score (nSPS) is 18.2. The molecule has 0 saturated carbocycles. The molecule has 3 heteroatoms. The van der Waals surface area contributed by atoms with Gasteiger partial charge in [-0.2, -0.15) is 0 Å². The molecule has 100 valence electrons. The maximum atomic E-state index is 12.3. The summed E-state index contributed by atoms with van der Waals surface area (Å²) in [7, 11) is 0. The van der Waals surface area contributed by atoms with Gasteiger partial charge in [-0.1, -0.05) is 13.3 Å². The van der Waals surface area contributed by atoms with E-state index in [1.807, 2.05) is 13.0 Å². The molecule has 1 aromatic rings. The average molecular weight is 265 g/mol. The molecule has 0 amide bonds. The number of ketones is 1. The predicted octanol–water partition coefficient (Wildman–Crippen LogP) is 3.67. The molecule has 1 saturated heterocycles. The molecule has 0 radical (unpaired) electrons. The number of Topliss-reactive ketones (excluding diaryl/α,β-unsaturated/α-hetero) is 1. The topological polar surface area (TPSA) is 20.3 Å². The molecule has 0 spiro atoms. The summed E-state index contributed by atoms with van der Waals surface area (Å²) in [6.45, 7) is 9.17. The summed E-state index contributed by atoms with van der Waals surface area (Å²) in [5, 5.41) is 0. The highest BCUT2D eigenvalue weighted by Gasteiger charge is 2.21. The lowest BCUT2D eigenvalue weighted by Crippen LogP contribution is -2.37. The van der Waals surface area contributed by atoms with E-state index in [1.54, 1.807) is 11.3 Å². The number of piperidine rings is 1. The first-order valence-corrected chi connectivity index (χ1v) is 7.74. The van der Waals surface area contributed by atoms with Crippen molar-refractivity contribution in [3.63, 3.8) is 0 Å². The molecule has 0 N–H and O–H groups in total. The number of carbonyl (C=O) groups excluding carboxylic acids is 1. The largest absolute Gasteiger partial charge is 0.296 e. The standard InChI is InChI=1S/C15H23NOS/c1-4-13-5-7-16(8-6-13)10-15(17)14-9-11(2)18-12(14)3/h9,13H,4-8,10H2,1-3H3. The second-order valence-electron chi connectivity index (χ2n) is 5.38. The summed E-state index contributed by atoms with van der Waals surface area (Å²) in [5.41, 5.74) is 0.940. The smallest absolute Gasteiger partial charge is 0.177 e. The summed E-state index contributed by atoms with van der Waals surface area (Å²) >= 11 is 1.72. The molecule has 0 bridgehead atoms. The van der Waals surface area contributed by atoms with Crippen LogP contribution in [-0.2, 0) is 0 Å². The summed E-state index contributed by atoms with van der Waals surface area (Å²) < 4.78 is 0. The van der Waals surface area contributed by atoms with E-state index in [1.165, 1.54) is 29.0 Å². The Bertz CT molecular complexity index is 416. The first-order chi connectivity index (χ1) is 8.60. The molecule has 2 heterocycles. The van der Waals surface area contributed by atoms with E-state index in [0.29, 0.717) is 12.3 Å². The van der Waals surface area contributed by atoms with E-state index in [2.05, 4.69) is 18.7 Å². The first-order valence-electron chi connectivity index (χ1n) is 6.92. The summed E-state index contributed by atoms with van der Waals surface area (Å²) in [6, 6.07) is 2.04. The Balaban J connectivity index is 1.90. The van der Waals surface area contributed by atoms with E-state index in [-0.39, 0.29) is 0 Å². The number of hydrogen-bond acceptors (Lipinski definition) is 3. The third-order valence-electron chi connectivity index (χ3n) is 3.99. The van der Waals surface area contributed by atoms with Crippen LogP contribution in [0.1, 0.15) is 46.3 Å². The molecule has 0 aliphatic carbocycles. The molecule has 0 atom stereocenters. The number of likely N-dealkylation sites (tertiary alicyclic amines) is 1. The average Bonchev–Trinajstić information content (AvgIpc) is 2.69. The third-order valence-corrected chi connectivity index (χ3v) is 4.96. The summed E-state index contributed by atoms with van der Waals surface area (Å²) in [4.78, 5) is 17.0. The highest BCUT2D eigenvalue weighted by Crippen LogP contribution is 2.23. The fourth-order valence-corrected chi connectivity index (χ4v) is 3.69. The monoisotopic (exact) mass is 265 g/mol. The van der Waals surface area contributed by atoms with Crippen molar-refractivity contribution in [3.05, 3.63) is 21.4 Å². The highest BCUT2D eigenvalue weighted by molar-refractivity contribution is 7.12. The van der Waals surface area contributed by atoms with Gasteiger partial charge in [0.2, 0.25) is 0 Å². The van der Waals surface area contributed by atoms with Crippen molar-refractivity contribution in [3.8, 4) is 0 Å². The van der Waals surface area contributed by atoms with Crippen LogP contribution >= 0.6 is 11.3 Å². The summed E-state index contributed by atoms with van der Waals surface area (Å²) in [6.07, 6.45) is 3.79. The van der Waals surface area contributed by atoms with Gasteiger partial charge in [-0.15, -0.1) is 11.3 Å². The minimum Gasteiger partial charge on any atom is -0.296 e. The van der Waals surface area contributed by atoms with Gasteiger partial charge in [0.15, 0.2) is 5.78 Å². The lowest BCUT2D eigenvalue weighted by molar-refractivity contribution is 0.0894. The van der Waals surface area contributed by atoms with Crippen LogP contribution in [0.4, 0.5) is 0 Å². The van der Waals surface area contributed by atoms with Crippen molar-refractivity contribution in [2.24, 2.45) is 5.92 Å². The highest BCUT2D eigenvalue weighted by atomic mass is 32.1. The van der Waals surface area contributed by atoms with Crippen LogP contribution in [0.2, 0.25) is 0 Å². The van der Waals surface area contributed by atoms with Gasteiger partial charge in [0.25, 0.3) is 0 Å². The second kappa shape index (κ2) is 5.98. The lowest BCUT2D eigenvalue weighted by Gasteiger charge is -2.30. The Morgan fingerprint density at radius 2 is 2.06 bits per heavy atom. The lowest BCUT2D eigenvalue weighted by atomic mass is 9.94. The molecule has 1 aliphatic rings. The SMILES string of the molecule is CCC1CCN(CC(=O)c2cc(C)sc2C)CC1. The van der Waals surface area contributed by atoms with E-state index in [0.717, 1.165) is 24.6 Å². The van der Waals surface area contributed by atoms with Crippen molar-refractivity contribution in [2.75, 3.05) is 19.6 Å². The minimum atomic E-state index is 0.298. The Morgan fingerprint density at radius 1 is 1.39 bits per heavy atom. The predicted molar refractivity (Wildman–Crippen MR) is 77.6 cm³/mol. The van der Waals surface area contributed by atoms with Gasteiger partial charge in [0.05, 0.1) is 6.54 Å². The van der Waals surface area contributed by atoms with Crippen LogP contribution < -0.4 is 0 Å². The van der Waals surface area contributed by atoms with Gasteiger partial charge >= 0.3 is 0 Å². The van der Waals surface area contributed by atoms with Gasteiger partial charge in [0.1, 0.15) is 0 Å². The van der Waals surface area contributed by atoms with Crippen LogP contribution in [0.15, 0.2) is 6.07 Å². The molecule has 2 nitrogen and oxygen atoms in total. The maximum absolute atomic E-state index is 12.3. The van der Waals surface area contributed by atoms with Crippen molar-refractivity contribution in [2.45, 2.75) is 40.0 Å². The van der Waals surface area contributed by atoms with Gasteiger partial charge < -0.3 is 0 Å². The molecule has 1 aromatic heterocycles. The number of carbonyl (C=O) groups is 1. The molecular weight excluding hydrogens is 242 g/mol. The van der Waals surface area contributed by atoms with Gasteiger partial charge in [-0.25, -0.2) is 0 Å². The number of aryl methyl sites for hydroxylation is 2. The number of rotatable bonds is 4. The Morgan fingerprint density at radius 3 is 2.56 bits per heavy atom. The second-order valence-corrected chi connectivity index (χ2v) is 6.84. The number of nitrogens with zero attached hydrogens (tertiary/aromatic N) is 1. The quantitative estimate of drug-likeness (QED) is 0.774. The zero-order valence-electron chi connectivity index (χ0n) is 11.7. The number of hydrogen-bond donors (Lipinski definition) is 0. The van der Waals surface area contributed by atoms with E-state index >= 15 is 0 Å². The van der Waals surface area contributed by atoms with Crippen LogP contribution in [0.25, 0.3) is 0 Å². The maximum Gasteiger partial charge on any atom is 0.177 e. The molecule has 0 unspecified atom stereocenters. The van der Waals surface area contributed by atoms with Crippen molar-refractivity contribution >= 4 is 17.1 Å². The fourth-order valence-electron chi connectivity index (χ4n) is 2.75. The molecular formula is C15H23NOS. The van der Waals surface area contributed by atoms with Gasteiger partial charge in [-0.05, 0) is 51.8 Å². The first kappa shape index (κ1) is 13.8. The zero-order valence-corrected chi connectivity index (χ0v) is 12.5. The molecule has 0 aromatic carbocycles. The van der Waals surface area contributed by atoms with Crippen molar-refractivity contribution in [1.29, 1.82) is 0 Å². The van der Waals surface area contributed by atoms with E-state index in [9.17, 15) is 4.79 Å².